The number of H-pyrrole nitrogens is 2. The molecule has 0 radical (unpaired) electrons. The largest absolute Gasteiger partial charge is 0.311 e. The summed E-state index contributed by atoms with van der Waals surface area (Å²) in [6.45, 7) is 0. The predicted molar refractivity (Wildman–Crippen MR) is 95.7 cm³/mol. The third kappa shape index (κ3) is 2.89. The number of fused-ring (bicyclic) bond motifs is 2. The fourth-order valence-electron chi connectivity index (χ4n) is 2.26. The zero-order chi connectivity index (χ0) is 18.1. The Morgan fingerprint density at radius 1 is 1.00 bits per heavy atom. The van der Waals surface area contributed by atoms with Gasteiger partial charge < -0.3 is 9.97 Å². The minimum absolute atomic E-state index is 0.155. The van der Waals surface area contributed by atoms with Crippen LogP contribution < -0.4 is 11.1 Å². The van der Waals surface area contributed by atoms with E-state index in [9.17, 15) is 9.59 Å². The van der Waals surface area contributed by atoms with E-state index in [-0.39, 0.29) is 16.8 Å². The number of aromatic nitrogens is 8. The third-order valence-corrected chi connectivity index (χ3v) is 4.04. The molecule has 0 saturated carbocycles. The summed E-state index contributed by atoms with van der Waals surface area (Å²) >= 11 is 2.05. The van der Waals surface area contributed by atoms with Crippen molar-refractivity contribution in [1.29, 1.82) is 5.26 Å². The van der Waals surface area contributed by atoms with Crippen molar-refractivity contribution in [1.82, 2.24) is 39.5 Å². The van der Waals surface area contributed by atoms with E-state index < -0.39 is 0 Å². The number of aromatic amines is 2. The van der Waals surface area contributed by atoms with Crippen molar-refractivity contribution in [2.75, 3.05) is 0 Å². The summed E-state index contributed by atoms with van der Waals surface area (Å²) in [5.74, 6) is 0. The Hall–Kier alpha value is -3.08. The van der Waals surface area contributed by atoms with Crippen molar-refractivity contribution in [3.63, 3.8) is 0 Å². The Morgan fingerprint density at radius 3 is 2.08 bits per heavy atom. The SMILES string of the molecule is Cn1nc(C#N)c2nc[nH]c(=O)c21.Cn1nc(I)c2nc[nH]c(=O)c21. The normalized spacial score (nSPS) is 10.5. The minimum Gasteiger partial charge on any atom is -0.311 e. The maximum absolute atomic E-state index is 11.3. The lowest BCUT2D eigenvalue weighted by Crippen LogP contribution is -2.09. The number of rotatable bonds is 0. The topological polar surface area (TPSA) is 151 Å². The van der Waals surface area contributed by atoms with Crippen molar-refractivity contribution >= 4 is 44.7 Å². The van der Waals surface area contributed by atoms with Crippen LogP contribution in [-0.2, 0) is 14.1 Å². The molecule has 4 aromatic heterocycles. The average molecular weight is 451 g/mol. The van der Waals surface area contributed by atoms with Gasteiger partial charge in [0, 0.05) is 14.1 Å². The molecule has 126 valence electrons. The van der Waals surface area contributed by atoms with Crippen LogP contribution in [0.15, 0.2) is 22.2 Å². The van der Waals surface area contributed by atoms with E-state index in [1.807, 2.05) is 28.7 Å². The fourth-order valence-corrected chi connectivity index (χ4v) is 2.98. The van der Waals surface area contributed by atoms with Crippen molar-refractivity contribution in [3.8, 4) is 6.07 Å². The Kier molecular flexibility index (Phi) is 4.31. The molecule has 12 heteroatoms. The molecule has 0 fully saturated rings. The molecule has 0 aromatic carbocycles. The van der Waals surface area contributed by atoms with Gasteiger partial charge in [0.05, 0.1) is 12.7 Å². The molecule has 0 saturated heterocycles. The number of halogens is 1. The van der Waals surface area contributed by atoms with Gasteiger partial charge in [0.2, 0.25) is 0 Å². The molecule has 25 heavy (non-hydrogen) atoms. The molecule has 0 aliphatic heterocycles. The van der Waals surface area contributed by atoms with Crippen LogP contribution in [0.25, 0.3) is 22.1 Å². The number of nitrogens with zero attached hydrogens (tertiary/aromatic N) is 7. The molecule has 0 atom stereocenters. The van der Waals surface area contributed by atoms with E-state index >= 15 is 0 Å². The van der Waals surface area contributed by atoms with Gasteiger partial charge in [-0.1, -0.05) is 0 Å². The lowest BCUT2D eigenvalue weighted by molar-refractivity contribution is 0.783. The van der Waals surface area contributed by atoms with Crippen LogP contribution in [0.3, 0.4) is 0 Å². The van der Waals surface area contributed by atoms with Gasteiger partial charge >= 0.3 is 0 Å². The van der Waals surface area contributed by atoms with Crippen LogP contribution >= 0.6 is 22.6 Å². The molecule has 2 N–H and O–H groups in total. The third-order valence-electron chi connectivity index (χ3n) is 3.32. The predicted octanol–water partition coefficient (Wildman–Crippen LogP) is -0.211. The zero-order valence-electron chi connectivity index (χ0n) is 13.0. The molecule has 4 heterocycles. The van der Waals surface area contributed by atoms with Gasteiger partial charge in [-0.3, -0.25) is 19.0 Å². The summed E-state index contributed by atoms with van der Waals surface area (Å²) in [4.78, 5) is 35.3. The maximum atomic E-state index is 11.3. The average Bonchev–Trinajstić information content (AvgIpc) is 3.07. The second-order valence-corrected chi connectivity index (χ2v) is 5.88. The van der Waals surface area contributed by atoms with E-state index in [4.69, 9.17) is 5.26 Å². The molecular formula is C13H10IN9O2. The first-order valence-corrected chi connectivity index (χ1v) is 7.88. The molecule has 4 rings (SSSR count). The Bertz CT molecular complexity index is 1240. The van der Waals surface area contributed by atoms with Gasteiger partial charge in [-0.25, -0.2) is 9.97 Å². The van der Waals surface area contributed by atoms with Gasteiger partial charge in [0.25, 0.3) is 11.1 Å². The zero-order valence-corrected chi connectivity index (χ0v) is 15.1. The molecule has 11 nitrogen and oxygen atoms in total. The number of hydrogen-bond acceptors (Lipinski definition) is 7. The lowest BCUT2D eigenvalue weighted by atomic mass is 10.4. The quantitative estimate of drug-likeness (QED) is 0.351. The first kappa shape index (κ1) is 16.8. The standard InChI is InChI=1S/C7H5N5O.C6H5IN4O/c1-12-6-5(4(2-8)11-12)9-3-10-7(6)13;1-11-4-3(5(7)10-11)8-2-9-6(4)12/h3H,1H3,(H,9,10,13);2H,1H3,(H,8,9,12). The molecule has 4 aromatic rings. The molecule has 0 unspecified atom stereocenters. The van der Waals surface area contributed by atoms with Crippen molar-refractivity contribution in [3.05, 3.63) is 42.8 Å². The van der Waals surface area contributed by atoms with Gasteiger partial charge in [-0.2, -0.15) is 15.5 Å². The smallest absolute Gasteiger partial charge is 0.276 e. The maximum Gasteiger partial charge on any atom is 0.276 e. The second-order valence-electron chi connectivity index (χ2n) is 4.86. The molecule has 0 bridgehead atoms. The fraction of sp³-hybridized carbons (Fsp3) is 0.154. The summed E-state index contributed by atoms with van der Waals surface area (Å²) in [6.07, 6.45) is 2.64. The van der Waals surface area contributed by atoms with Crippen molar-refractivity contribution < 1.29 is 0 Å². The van der Waals surface area contributed by atoms with Crippen LogP contribution in [-0.4, -0.2) is 39.5 Å². The first-order chi connectivity index (χ1) is 11.9. The van der Waals surface area contributed by atoms with Crippen molar-refractivity contribution in [2.45, 2.75) is 0 Å². The number of nitrogens with one attached hydrogen (secondary N) is 2. The second kappa shape index (κ2) is 6.43. The summed E-state index contributed by atoms with van der Waals surface area (Å²) in [6, 6.07) is 1.87. The summed E-state index contributed by atoms with van der Waals surface area (Å²) in [5, 5.41) is 16.6. The summed E-state index contributed by atoms with van der Waals surface area (Å²) in [5.41, 5.74) is 1.56. The Balaban J connectivity index is 0.000000146. The van der Waals surface area contributed by atoms with Crippen LogP contribution in [0.4, 0.5) is 0 Å². The number of nitriles is 1. The lowest BCUT2D eigenvalue weighted by Gasteiger charge is -1.88. The van der Waals surface area contributed by atoms with Crippen LogP contribution in [0.1, 0.15) is 5.69 Å². The highest BCUT2D eigenvalue weighted by molar-refractivity contribution is 14.1. The van der Waals surface area contributed by atoms with E-state index in [0.29, 0.717) is 22.1 Å². The van der Waals surface area contributed by atoms with E-state index in [1.54, 1.807) is 14.1 Å². The van der Waals surface area contributed by atoms with Gasteiger partial charge in [-0.05, 0) is 22.6 Å². The van der Waals surface area contributed by atoms with E-state index in [0.717, 1.165) is 3.70 Å². The Labute approximate surface area is 152 Å². The first-order valence-electron chi connectivity index (χ1n) is 6.80. The van der Waals surface area contributed by atoms with Gasteiger partial charge in [-0.15, -0.1) is 0 Å². The highest BCUT2D eigenvalue weighted by Crippen LogP contribution is 2.12. The number of aryl methyl sites for hydroxylation is 2. The van der Waals surface area contributed by atoms with Gasteiger partial charge in [0.15, 0.2) is 16.7 Å². The number of hydrogen-bond donors (Lipinski definition) is 2. The highest BCUT2D eigenvalue weighted by Gasteiger charge is 2.11. The van der Waals surface area contributed by atoms with Crippen molar-refractivity contribution in [2.24, 2.45) is 14.1 Å². The molecule has 0 amide bonds. The van der Waals surface area contributed by atoms with Crippen LogP contribution in [0.5, 0.6) is 0 Å². The summed E-state index contributed by atoms with van der Waals surface area (Å²) < 4.78 is 3.62. The monoisotopic (exact) mass is 451 g/mol. The van der Waals surface area contributed by atoms with E-state index in [2.05, 4.69) is 30.1 Å². The minimum atomic E-state index is -0.290. The Morgan fingerprint density at radius 2 is 1.52 bits per heavy atom. The van der Waals surface area contributed by atoms with Gasteiger partial charge in [0.1, 0.15) is 20.8 Å². The summed E-state index contributed by atoms with van der Waals surface area (Å²) in [7, 11) is 3.32. The van der Waals surface area contributed by atoms with E-state index in [1.165, 1.54) is 22.0 Å². The molecular weight excluding hydrogens is 441 g/mol. The molecule has 0 aliphatic carbocycles. The molecule has 0 spiro atoms. The van der Waals surface area contributed by atoms with Crippen LogP contribution in [0, 0.1) is 15.0 Å². The van der Waals surface area contributed by atoms with Crippen LogP contribution in [0.2, 0.25) is 0 Å². The molecule has 0 aliphatic rings. The highest BCUT2D eigenvalue weighted by atomic mass is 127.